The standard InChI is InChI=1S/C32H30FN3O3S/c1-5-20-9-10-24-28(15-20)34-32-30(24)31(37)27-17-25(19(2)3)26(21-7-6-8-23(16-21)40(33,38)39)18-29(27)36(32)22-11-13-35(4)14-12-22/h1,6-10,15-19,22,34H,11-14H2,2-4H3. The van der Waals surface area contributed by atoms with Crippen LogP contribution in [-0.2, 0) is 10.2 Å². The fourth-order valence-corrected chi connectivity index (χ4v) is 6.61. The number of piperidine rings is 1. The summed E-state index contributed by atoms with van der Waals surface area (Å²) in [5, 5.41) is 2.08. The molecule has 3 aromatic carbocycles. The van der Waals surface area contributed by atoms with Gasteiger partial charge in [-0.05, 0) is 92.0 Å². The van der Waals surface area contributed by atoms with Gasteiger partial charge in [-0.3, -0.25) is 4.79 Å². The molecule has 0 aliphatic carbocycles. The monoisotopic (exact) mass is 555 g/mol. The van der Waals surface area contributed by atoms with E-state index in [4.69, 9.17) is 6.42 Å². The molecule has 1 aliphatic heterocycles. The first-order valence-electron chi connectivity index (χ1n) is 13.4. The summed E-state index contributed by atoms with van der Waals surface area (Å²) in [6.07, 6.45) is 7.48. The average Bonchev–Trinajstić information content (AvgIpc) is 3.31. The van der Waals surface area contributed by atoms with Gasteiger partial charge in [-0.2, -0.15) is 8.42 Å². The molecule has 0 spiro atoms. The summed E-state index contributed by atoms with van der Waals surface area (Å²) in [6, 6.07) is 15.7. The van der Waals surface area contributed by atoms with Crippen LogP contribution >= 0.6 is 0 Å². The van der Waals surface area contributed by atoms with Gasteiger partial charge in [0, 0.05) is 27.9 Å². The molecule has 2 aromatic heterocycles. The largest absolute Gasteiger partial charge is 0.340 e. The number of halogens is 1. The third kappa shape index (κ3) is 4.30. The molecule has 6 rings (SSSR count). The maximum absolute atomic E-state index is 14.2. The van der Waals surface area contributed by atoms with Crippen molar-refractivity contribution in [3.63, 3.8) is 0 Å². The molecule has 1 N–H and O–H groups in total. The molecule has 5 aromatic rings. The number of nitrogens with zero attached hydrogens (tertiary/aromatic N) is 2. The first-order valence-corrected chi connectivity index (χ1v) is 14.8. The van der Waals surface area contributed by atoms with E-state index in [1.807, 2.05) is 44.2 Å². The van der Waals surface area contributed by atoms with Gasteiger partial charge in [0.2, 0.25) is 0 Å². The smallest absolute Gasteiger partial charge is 0.332 e. The van der Waals surface area contributed by atoms with Crippen molar-refractivity contribution in [3.8, 4) is 23.5 Å². The highest BCUT2D eigenvalue weighted by atomic mass is 32.3. The molecule has 0 amide bonds. The first kappa shape index (κ1) is 26.3. The Hall–Kier alpha value is -3.93. The fraction of sp³-hybridized carbons (Fsp3) is 0.281. The van der Waals surface area contributed by atoms with Gasteiger partial charge >= 0.3 is 10.2 Å². The number of pyridine rings is 1. The molecule has 6 nitrogen and oxygen atoms in total. The van der Waals surface area contributed by atoms with E-state index in [0.29, 0.717) is 16.3 Å². The minimum Gasteiger partial charge on any atom is -0.340 e. The van der Waals surface area contributed by atoms with Crippen LogP contribution in [0.1, 0.15) is 49.8 Å². The van der Waals surface area contributed by atoms with Crippen LogP contribution in [0.2, 0.25) is 0 Å². The zero-order chi connectivity index (χ0) is 28.3. The lowest BCUT2D eigenvalue weighted by molar-refractivity contribution is 0.226. The summed E-state index contributed by atoms with van der Waals surface area (Å²) in [7, 11) is -2.76. The van der Waals surface area contributed by atoms with Crippen LogP contribution in [0.3, 0.4) is 0 Å². The Balaban J connectivity index is 1.74. The van der Waals surface area contributed by atoms with E-state index in [-0.39, 0.29) is 22.3 Å². The zero-order valence-corrected chi connectivity index (χ0v) is 23.5. The fourth-order valence-electron chi connectivity index (χ4n) is 6.10. The highest BCUT2D eigenvalue weighted by molar-refractivity contribution is 7.86. The summed E-state index contributed by atoms with van der Waals surface area (Å²) in [5.41, 5.74) is 5.24. The van der Waals surface area contributed by atoms with E-state index in [1.54, 1.807) is 12.1 Å². The second-order valence-corrected chi connectivity index (χ2v) is 12.4. The Morgan fingerprint density at radius 3 is 2.48 bits per heavy atom. The number of likely N-dealkylation sites (tertiary alicyclic amines) is 1. The van der Waals surface area contributed by atoms with Crippen molar-refractivity contribution in [2.24, 2.45) is 0 Å². The van der Waals surface area contributed by atoms with Crippen LogP contribution in [0.25, 0.3) is 44.0 Å². The van der Waals surface area contributed by atoms with E-state index >= 15 is 0 Å². The molecule has 40 heavy (non-hydrogen) atoms. The van der Waals surface area contributed by atoms with Crippen molar-refractivity contribution in [1.82, 2.24) is 14.5 Å². The van der Waals surface area contributed by atoms with Gasteiger partial charge < -0.3 is 14.5 Å². The molecule has 0 bridgehead atoms. The Labute approximate surface area is 232 Å². The maximum Gasteiger partial charge on any atom is 0.332 e. The van der Waals surface area contributed by atoms with E-state index in [9.17, 15) is 17.1 Å². The number of nitrogens with one attached hydrogen (secondary N) is 1. The van der Waals surface area contributed by atoms with Gasteiger partial charge in [0.15, 0.2) is 5.43 Å². The van der Waals surface area contributed by atoms with Gasteiger partial charge in [-0.25, -0.2) is 0 Å². The number of rotatable bonds is 4. The third-order valence-electron chi connectivity index (χ3n) is 8.19. The summed E-state index contributed by atoms with van der Waals surface area (Å²) < 4.78 is 39.7. The Kier molecular flexibility index (Phi) is 6.32. The summed E-state index contributed by atoms with van der Waals surface area (Å²) >= 11 is 0. The first-order chi connectivity index (χ1) is 19.1. The van der Waals surface area contributed by atoms with Crippen LogP contribution in [-0.4, -0.2) is 43.0 Å². The van der Waals surface area contributed by atoms with Crippen molar-refractivity contribution in [2.75, 3.05) is 20.1 Å². The van der Waals surface area contributed by atoms with E-state index in [0.717, 1.165) is 64.7 Å². The molecule has 8 heteroatoms. The van der Waals surface area contributed by atoms with Crippen LogP contribution < -0.4 is 5.43 Å². The number of benzene rings is 3. The average molecular weight is 556 g/mol. The SMILES string of the molecule is C#Cc1ccc2c(c1)[nH]c1c2c(=O)c2cc(C(C)C)c(-c3cccc(S(=O)(=O)F)c3)cc2n1C1CCN(C)CC1. The number of H-pyrrole nitrogens is 1. The predicted octanol–water partition coefficient (Wildman–Crippen LogP) is 6.33. The number of aromatic nitrogens is 2. The zero-order valence-electron chi connectivity index (χ0n) is 22.7. The Bertz CT molecular complexity index is 2020. The number of terminal acetylenes is 1. The lowest BCUT2D eigenvalue weighted by Gasteiger charge is -2.32. The van der Waals surface area contributed by atoms with Crippen molar-refractivity contribution >= 4 is 43.1 Å². The summed E-state index contributed by atoms with van der Waals surface area (Å²) in [6.45, 7) is 5.91. The molecule has 0 radical (unpaired) electrons. The van der Waals surface area contributed by atoms with Crippen LogP contribution in [0, 0.1) is 12.3 Å². The van der Waals surface area contributed by atoms with Gasteiger partial charge in [-0.15, -0.1) is 10.3 Å². The Morgan fingerprint density at radius 2 is 1.80 bits per heavy atom. The highest BCUT2D eigenvalue weighted by Crippen LogP contribution is 2.38. The van der Waals surface area contributed by atoms with E-state index in [1.165, 1.54) is 12.1 Å². The Morgan fingerprint density at radius 1 is 1.05 bits per heavy atom. The molecule has 0 atom stereocenters. The number of aromatic amines is 1. The normalized spacial score (nSPS) is 15.4. The summed E-state index contributed by atoms with van der Waals surface area (Å²) in [5.74, 6) is 2.70. The summed E-state index contributed by atoms with van der Waals surface area (Å²) in [4.78, 5) is 19.6. The number of hydrogen-bond acceptors (Lipinski definition) is 4. The molecular formula is C32H30FN3O3S. The van der Waals surface area contributed by atoms with E-state index in [2.05, 4.69) is 27.4 Å². The topological polar surface area (TPSA) is 75.2 Å². The van der Waals surface area contributed by atoms with Gasteiger partial charge in [0.1, 0.15) is 5.65 Å². The molecule has 3 heterocycles. The lowest BCUT2D eigenvalue weighted by Crippen LogP contribution is -2.32. The molecule has 204 valence electrons. The molecular weight excluding hydrogens is 525 g/mol. The van der Waals surface area contributed by atoms with Crippen LogP contribution in [0.5, 0.6) is 0 Å². The van der Waals surface area contributed by atoms with Gasteiger partial charge in [0.25, 0.3) is 0 Å². The van der Waals surface area contributed by atoms with Crippen molar-refractivity contribution in [2.45, 2.75) is 43.5 Å². The van der Waals surface area contributed by atoms with Gasteiger partial charge in [-0.1, -0.05) is 38.0 Å². The highest BCUT2D eigenvalue weighted by Gasteiger charge is 2.26. The van der Waals surface area contributed by atoms with Crippen molar-refractivity contribution < 1.29 is 12.3 Å². The minimum atomic E-state index is -4.87. The third-order valence-corrected chi connectivity index (χ3v) is 9.00. The second-order valence-electron chi connectivity index (χ2n) is 11.1. The molecule has 0 saturated carbocycles. The van der Waals surface area contributed by atoms with Gasteiger partial charge in [0.05, 0.1) is 15.8 Å². The van der Waals surface area contributed by atoms with Crippen LogP contribution in [0.15, 0.2) is 64.3 Å². The molecule has 0 unspecified atom stereocenters. The molecule has 1 saturated heterocycles. The quantitative estimate of drug-likeness (QED) is 0.208. The molecule has 1 aliphatic rings. The van der Waals surface area contributed by atoms with Crippen molar-refractivity contribution in [1.29, 1.82) is 0 Å². The van der Waals surface area contributed by atoms with E-state index < -0.39 is 10.2 Å². The number of hydrogen-bond donors (Lipinski definition) is 1. The lowest BCUT2D eigenvalue weighted by atomic mass is 9.90. The van der Waals surface area contributed by atoms with Crippen LogP contribution in [0.4, 0.5) is 3.89 Å². The van der Waals surface area contributed by atoms with Crippen molar-refractivity contribution in [3.05, 3.63) is 75.9 Å². The number of fused-ring (bicyclic) bond motifs is 4. The second kappa shape index (κ2) is 9.61. The minimum absolute atomic E-state index is 0.0260. The predicted molar refractivity (Wildman–Crippen MR) is 159 cm³/mol. The molecule has 1 fully saturated rings. The maximum atomic E-state index is 14.2.